The minimum Gasteiger partial charge on any atom is -0.465 e. The van der Waals surface area contributed by atoms with Crippen molar-refractivity contribution in [1.29, 1.82) is 0 Å². The number of amides is 1. The Kier molecular flexibility index (Phi) is 7.42. The molecule has 6 nitrogen and oxygen atoms in total. The number of methoxy groups -OCH3 is 1. The third kappa shape index (κ3) is 4.98. The van der Waals surface area contributed by atoms with Crippen LogP contribution in [-0.2, 0) is 4.74 Å². The number of halogens is 1. The molecule has 30 heavy (non-hydrogen) atoms. The molecule has 1 amide bonds. The van der Waals surface area contributed by atoms with E-state index in [4.69, 9.17) is 16.3 Å². The van der Waals surface area contributed by atoms with Gasteiger partial charge in [-0.3, -0.25) is 9.69 Å². The normalized spacial score (nSPS) is 11.1. The van der Waals surface area contributed by atoms with Crippen molar-refractivity contribution in [1.82, 2.24) is 9.88 Å². The Balaban J connectivity index is 1.93. The molecular weight excluding hydrogens is 422 g/mol. The van der Waals surface area contributed by atoms with Crippen molar-refractivity contribution in [3.05, 3.63) is 58.6 Å². The summed E-state index contributed by atoms with van der Waals surface area (Å²) in [6.07, 6.45) is 0. The van der Waals surface area contributed by atoms with E-state index in [0.717, 1.165) is 29.9 Å². The van der Waals surface area contributed by atoms with Gasteiger partial charge < -0.3 is 9.64 Å². The summed E-state index contributed by atoms with van der Waals surface area (Å²) in [7, 11) is 1.33. The van der Waals surface area contributed by atoms with E-state index in [1.54, 1.807) is 35.2 Å². The Hall–Kier alpha value is -2.48. The van der Waals surface area contributed by atoms with Crippen molar-refractivity contribution < 1.29 is 14.3 Å². The zero-order valence-electron chi connectivity index (χ0n) is 17.2. The van der Waals surface area contributed by atoms with Crippen LogP contribution in [0.15, 0.2) is 42.5 Å². The number of rotatable bonds is 8. The van der Waals surface area contributed by atoms with Gasteiger partial charge in [0.25, 0.3) is 5.91 Å². The van der Waals surface area contributed by atoms with Gasteiger partial charge >= 0.3 is 5.97 Å². The van der Waals surface area contributed by atoms with Gasteiger partial charge in [0.05, 0.1) is 22.9 Å². The van der Waals surface area contributed by atoms with Gasteiger partial charge in [0.2, 0.25) is 0 Å². The Morgan fingerprint density at radius 3 is 2.33 bits per heavy atom. The molecule has 0 saturated carbocycles. The third-order valence-electron chi connectivity index (χ3n) is 4.90. The van der Waals surface area contributed by atoms with Crippen LogP contribution in [0.1, 0.15) is 34.6 Å². The summed E-state index contributed by atoms with van der Waals surface area (Å²) in [5.41, 5.74) is 1.69. The highest BCUT2D eigenvalue weighted by Crippen LogP contribution is 2.31. The summed E-state index contributed by atoms with van der Waals surface area (Å²) in [6.45, 7) is 7.24. The number of esters is 1. The molecule has 0 aliphatic heterocycles. The highest BCUT2D eigenvalue weighted by Gasteiger charge is 2.22. The smallest absolute Gasteiger partial charge is 0.337 e. The molecule has 2 aromatic carbocycles. The van der Waals surface area contributed by atoms with Gasteiger partial charge in [0, 0.05) is 23.7 Å². The van der Waals surface area contributed by atoms with Crippen LogP contribution in [0, 0.1) is 0 Å². The molecule has 0 radical (unpaired) electrons. The van der Waals surface area contributed by atoms with E-state index in [1.165, 1.54) is 18.4 Å². The number of nitrogens with zero attached hydrogens (tertiary/aromatic N) is 3. The van der Waals surface area contributed by atoms with Crippen LogP contribution >= 0.6 is 22.9 Å². The second-order valence-electron chi connectivity index (χ2n) is 6.66. The van der Waals surface area contributed by atoms with Crippen LogP contribution in [0.4, 0.5) is 5.13 Å². The maximum atomic E-state index is 13.4. The highest BCUT2D eigenvalue weighted by molar-refractivity contribution is 7.22. The summed E-state index contributed by atoms with van der Waals surface area (Å²) in [6, 6.07) is 12.0. The zero-order valence-corrected chi connectivity index (χ0v) is 18.8. The second-order valence-corrected chi connectivity index (χ2v) is 8.11. The number of thiazole rings is 1. The van der Waals surface area contributed by atoms with E-state index in [0.29, 0.717) is 27.8 Å². The lowest BCUT2D eigenvalue weighted by Gasteiger charge is -2.24. The molecule has 3 aromatic rings. The van der Waals surface area contributed by atoms with Crippen LogP contribution in [-0.4, -0.2) is 55.0 Å². The predicted octanol–water partition coefficient (Wildman–Crippen LogP) is 4.72. The fraction of sp³-hybridized carbons (Fsp3) is 0.318. The lowest BCUT2D eigenvalue weighted by Crippen LogP contribution is -2.38. The second kappa shape index (κ2) is 10.0. The molecule has 0 N–H and O–H groups in total. The molecule has 0 bridgehead atoms. The van der Waals surface area contributed by atoms with Crippen LogP contribution in [0.3, 0.4) is 0 Å². The Morgan fingerprint density at radius 1 is 1.03 bits per heavy atom. The van der Waals surface area contributed by atoms with Crippen molar-refractivity contribution in [2.24, 2.45) is 0 Å². The van der Waals surface area contributed by atoms with Crippen molar-refractivity contribution >= 4 is 50.2 Å². The lowest BCUT2D eigenvalue weighted by molar-refractivity contribution is 0.0600. The van der Waals surface area contributed by atoms with E-state index < -0.39 is 5.97 Å². The maximum absolute atomic E-state index is 13.4. The zero-order chi connectivity index (χ0) is 21.7. The monoisotopic (exact) mass is 445 g/mol. The van der Waals surface area contributed by atoms with Gasteiger partial charge in [-0.05, 0) is 55.6 Å². The van der Waals surface area contributed by atoms with E-state index >= 15 is 0 Å². The first-order chi connectivity index (χ1) is 14.5. The number of aromatic nitrogens is 1. The van der Waals surface area contributed by atoms with Crippen LogP contribution in [0.25, 0.3) is 10.2 Å². The number of likely N-dealkylation sites (N-methyl/N-ethyl adjacent to an activating group) is 1. The molecule has 0 saturated heterocycles. The van der Waals surface area contributed by atoms with Gasteiger partial charge in [0.1, 0.15) is 0 Å². The maximum Gasteiger partial charge on any atom is 0.337 e. The molecule has 3 rings (SSSR count). The molecule has 0 unspecified atom stereocenters. The fourth-order valence-electron chi connectivity index (χ4n) is 3.09. The Labute approximate surface area is 185 Å². The fourth-order valence-corrected chi connectivity index (χ4v) is 4.36. The summed E-state index contributed by atoms with van der Waals surface area (Å²) < 4.78 is 5.66. The number of carbonyl (C=O) groups excluding carboxylic acids is 2. The van der Waals surface area contributed by atoms with Crippen molar-refractivity contribution in [3.63, 3.8) is 0 Å². The molecule has 0 aliphatic rings. The largest absolute Gasteiger partial charge is 0.465 e. The molecule has 0 spiro atoms. The Bertz CT molecular complexity index is 1030. The predicted molar refractivity (Wildman–Crippen MR) is 122 cm³/mol. The third-order valence-corrected chi connectivity index (χ3v) is 6.18. The average Bonchev–Trinajstić information content (AvgIpc) is 3.18. The van der Waals surface area contributed by atoms with E-state index in [9.17, 15) is 9.59 Å². The molecule has 0 atom stereocenters. The van der Waals surface area contributed by atoms with Crippen molar-refractivity contribution in [3.8, 4) is 0 Å². The van der Waals surface area contributed by atoms with E-state index in [-0.39, 0.29) is 5.91 Å². The molecule has 1 heterocycles. The number of hydrogen-bond acceptors (Lipinski definition) is 6. The van der Waals surface area contributed by atoms with E-state index in [2.05, 4.69) is 23.7 Å². The summed E-state index contributed by atoms with van der Waals surface area (Å²) in [4.78, 5) is 33.7. The quantitative estimate of drug-likeness (QED) is 0.469. The van der Waals surface area contributed by atoms with Crippen LogP contribution in [0.5, 0.6) is 0 Å². The molecule has 1 aromatic heterocycles. The van der Waals surface area contributed by atoms with Crippen LogP contribution < -0.4 is 4.90 Å². The van der Waals surface area contributed by atoms with Crippen molar-refractivity contribution in [2.75, 3.05) is 38.2 Å². The topological polar surface area (TPSA) is 62.7 Å². The number of carbonyl (C=O) groups is 2. The molecular formula is C22H24ClN3O3S. The first-order valence-electron chi connectivity index (χ1n) is 9.75. The number of anilines is 1. The van der Waals surface area contributed by atoms with E-state index in [1.807, 2.05) is 12.1 Å². The van der Waals surface area contributed by atoms with Gasteiger partial charge in [-0.25, -0.2) is 9.78 Å². The van der Waals surface area contributed by atoms with Gasteiger partial charge in [-0.1, -0.05) is 36.8 Å². The van der Waals surface area contributed by atoms with Gasteiger partial charge in [-0.15, -0.1) is 0 Å². The number of fused-ring (bicyclic) bond motifs is 1. The first-order valence-corrected chi connectivity index (χ1v) is 10.9. The van der Waals surface area contributed by atoms with Crippen molar-refractivity contribution in [2.45, 2.75) is 13.8 Å². The molecule has 0 aliphatic carbocycles. The lowest BCUT2D eigenvalue weighted by atomic mass is 10.1. The minimum absolute atomic E-state index is 0.163. The molecule has 0 fully saturated rings. The molecule has 158 valence electrons. The van der Waals surface area contributed by atoms with Gasteiger partial charge in [-0.2, -0.15) is 0 Å². The Morgan fingerprint density at radius 2 is 1.70 bits per heavy atom. The van der Waals surface area contributed by atoms with Crippen LogP contribution in [0.2, 0.25) is 5.02 Å². The minimum atomic E-state index is -0.435. The highest BCUT2D eigenvalue weighted by atomic mass is 35.5. The summed E-state index contributed by atoms with van der Waals surface area (Å²) in [5.74, 6) is -0.598. The summed E-state index contributed by atoms with van der Waals surface area (Å²) >= 11 is 7.55. The molecule has 8 heteroatoms. The standard InChI is InChI=1S/C22H24ClN3O3S/c1-4-25(5-2)12-13-26(22-24-18-11-10-17(23)14-19(18)30-22)20(27)15-6-8-16(9-7-15)21(28)29-3/h6-11,14H,4-5,12-13H2,1-3H3. The SMILES string of the molecule is CCN(CC)CCN(C(=O)c1ccc(C(=O)OC)cc1)c1nc2ccc(Cl)cc2s1. The number of benzene rings is 2. The first kappa shape index (κ1) is 22.2. The van der Waals surface area contributed by atoms with Gasteiger partial charge in [0.15, 0.2) is 5.13 Å². The number of ether oxygens (including phenoxy) is 1. The average molecular weight is 446 g/mol. The number of hydrogen-bond donors (Lipinski definition) is 0. The summed E-state index contributed by atoms with van der Waals surface area (Å²) in [5, 5.41) is 1.26.